The Labute approximate surface area is 92.7 Å². The van der Waals surface area contributed by atoms with Gasteiger partial charge in [0.05, 0.1) is 16.9 Å². The molecule has 0 bridgehead atoms. The van der Waals surface area contributed by atoms with E-state index in [2.05, 4.69) is 15.3 Å². The number of fused-ring (bicyclic) bond motifs is 1. The van der Waals surface area contributed by atoms with Crippen LogP contribution in [0.5, 0.6) is 0 Å². The molecule has 1 aliphatic heterocycles. The van der Waals surface area contributed by atoms with Crippen LogP contribution in [0.3, 0.4) is 0 Å². The van der Waals surface area contributed by atoms with E-state index < -0.39 is 0 Å². The van der Waals surface area contributed by atoms with E-state index in [1.54, 1.807) is 6.07 Å². The van der Waals surface area contributed by atoms with Gasteiger partial charge in [-0.3, -0.25) is 4.79 Å². The summed E-state index contributed by atoms with van der Waals surface area (Å²) in [6.07, 6.45) is 2.18. The second kappa shape index (κ2) is 3.72. The van der Waals surface area contributed by atoms with Crippen LogP contribution in [0.25, 0.3) is 10.9 Å². The summed E-state index contributed by atoms with van der Waals surface area (Å²) in [5, 5.41) is 3.99. The van der Waals surface area contributed by atoms with Crippen molar-refractivity contribution < 1.29 is 0 Å². The molecule has 0 amide bonds. The van der Waals surface area contributed by atoms with Gasteiger partial charge in [0.25, 0.3) is 5.56 Å². The predicted molar refractivity (Wildman–Crippen MR) is 62.3 cm³/mol. The summed E-state index contributed by atoms with van der Waals surface area (Å²) in [5.41, 5.74) is 0.726. The van der Waals surface area contributed by atoms with E-state index in [1.165, 1.54) is 0 Å². The number of aromatic nitrogens is 2. The van der Waals surface area contributed by atoms with Crippen LogP contribution in [0, 0.1) is 0 Å². The molecule has 1 aromatic carbocycles. The molecule has 1 unspecified atom stereocenters. The van der Waals surface area contributed by atoms with Gasteiger partial charge >= 0.3 is 0 Å². The van der Waals surface area contributed by atoms with Gasteiger partial charge in [-0.15, -0.1) is 0 Å². The quantitative estimate of drug-likeness (QED) is 0.755. The Kier molecular flexibility index (Phi) is 2.22. The molecule has 1 atom stereocenters. The van der Waals surface area contributed by atoms with Gasteiger partial charge in [0, 0.05) is 0 Å². The van der Waals surface area contributed by atoms with Crippen LogP contribution < -0.4 is 10.9 Å². The van der Waals surface area contributed by atoms with Crippen molar-refractivity contribution in [1.82, 2.24) is 15.3 Å². The summed E-state index contributed by atoms with van der Waals surface area (Å²) in [7, 11) is 0. The second-order valence-electron chi connectivity index (χ2n) is 4.12. The maximum atomic E-state index is 11.8. The maximum absolute atomic E-state index is 11.8. The fourth-order valence-electron chi connectivity index (χ4n) is 2.19. The van der Waals surface area contributed by atoms with Crippen LogP contribution in [-0.2, 0) is 0 Å². The third-order valence-electron chi connectivity index (χ3n) is 3.02. The zero-order chi connectivity index (χ0) is 11.0. The Bertz CT molecular complexity index is 570. The van der Waals surface area contributed by atoms with Crippen molar-refractivity contribution in [2.45, 2.75) is 18.9 Å². The van der Waals surface area contributed by atoms with Crippen molar-refractivity contribution in [3.05, 3.63) is 40.4 Å². The highest BCUT2D eigenvalue weighted by Crippen LogP contribution is 2.19. The normalized spacial score (nSPS) is 20.4. The summed E-state index contributed by atoms with van der Waals surface area (Å²) in [4.78, 5) is 19.2. The van der Waals surface area contributed by atoms with E-state index in [4.69, 9.17) is 0 Å². The van der Waals surface area contributed by atoms with Crippen LogP contribution >= 0.6 is 0 Å². The molecule has 1 saturated heterocycles. The van der Waals surface area contributed by atoms with E-state index in [0.29, 0.717) is 5.39 Å². The number of benzene rings is 1. The summed E-state index contributed by atoms with van der Waals surface area (Å²) < 4.78 is 0. The molecule has 0 aliphatic carbocycles. The molecule has 0 saturated carbocycles. The molecule has 1 aromatic heterocycles. The second-order valence-corrected chi connectivity index (χ2v) is 4.12. The zero-order valence-electron chi connectivity index (χ0n) is 8.86. The summed E-state index contributed by atoms with van der Waals surface area (Å²) in [6, 6.07) is 7.64. The van der Waals surface area contributed by atoms with Crippen LogP contribution in [0.1, 0.15) is 24.7 Å². The van der Waals surface area contributed by atoms with Gasteiger partial charge in [0.15, 0.2) is 0 Å². The highest BCUT2D eigenvalue weighted by Gasteiger charge is 2.18. The van der Waals surface area contributed by atoms with Gasteiger partial charge in [-0.25, -0.2) is 4.98 Å². The molecule has 2 aromatic rings. The number of H-pyrrole nitrogens is 1. The Morgan fingerprint density at radius 3 is 3.00 bits per heavy atom. The molecule has 1 fully saturated rings. The highest BCUT2D eigenvalue weighted by molar-refractivity contribution is 5.77. The first-order valence-corrected chi connectivity index (χ1v) is 5.57. The predicted octanol–water partition coefficient (Wildman–Crippen LogP) is 1.35. The van der Waals surface area contributed by atoms with Crippen LogP contribution in [0.15, 0.2) is 29.1 Å². The summed E-state index contributed by atoms with van der Waals surface area (Å²) >= 11 is 0. The molecular weight excluding hydrogens is 202 g/mol. The van der Waals surface area contributed by atoms with E-state index in [9.17, 15) is 4.79 Å². The molecule has 82 valence electrons. The molecule has 3 rings (SSSR count). The summed E-state index contributed by atoms with van der Waals surface area (Å²) in [5.74, 6) is 0.765. The minimum atomic E-state index is -0.0469. The first-order chi connectivity index (χ1) is 7.84. The van der Waals surface area contributed by atoms with Crippen molar-refractivity contribution in [2.75, 3.05) is 6.54 Å². The lowest BCUT2D eigenvalue weighted by atomic mass is 10.2. The third kappa shape index (κ3) is 1.51. The van der Waals surface area contributed by atoms with Crippen molar-refractivity contribution in [3.8, 4) is 0 Å². The number of aromatic amines is 1. The first-order valence-electron chi connectivity index (χ1n) is 5.57. The molecule has 2 heterocycles. The molecule has 1 aliphatic rings. The number of nitrogens with zero attached hydrogens (tertiary/aromatic N) is 1. The molecule has 4 heteroatoms. The Hall–Kier alpha value is -1.68. The fourth-order valence-corrected chi connectivity index (χ4v) is 2.19. The SMILES string of the molecule is O=c1[nH]c(C2CCCN2)nc2ccccc12. The third-order valence-corrected chi connectivity index (χ3v) is 3.02. The molecule has 2 N–H and O–H groups in total. The van der Waals surface area contributed by atoms with Crippen molar-refractivity contribution >= 4 is 10.9 Å². The Morgan fingerprint density at radius 1 is 1.31 bits per heavy atom. The first kappa shape index (κ1) is 9.54. The van der Waals surface area contributed by atoms with E-state index in [0.717, 1.165) is 30.7 Å². The summed E-state index contributed by atoms with van der Waals surface area (Å²) in [6.45, 7) is 1.00. The van der Waals surface area contributed by atoms with Gasteiger partial charge in [0.2, 0.25) is 0 Å². The average Bonchev–Trinajstić information content (AvgIpc) is 2.82. The highest BCUT2D eigenvalue weighted by atomic mass is 16.1. The fraction of sp³-hybridized carbons (Fsp3) is 0.333. The largest absolute Gasteiger partial charge is 0.309 e. The number of para-hydroxylation sites is 1. The molecular formula is C12H13N3O. The number of hydrogen-bond acceptors (Lipinski definition) is 3. The number of hydrogen-bond donors (Lipinski definition) is 2. The van der Waals surface area contributed by atoms with Gasteiger partial charge in [-0.2, -0.15) is 0 Å². The topological polar surface area (TPSA) is 57.8 Å². The van der Waals surface area contributed by atoms with Crippen LogP contribution in [-0.4, -0.2) is 16.5 Å². The van der Waals surface area contributed by atoms with Gasteiger partial charge in [-0.1, -0.05) is 12.1 Å². The number of nitrogens with one attached hydrogen (secondary N) is 2. The van der Waals surface area contributed by atoms with Gasteiger partial charge in [0.1, 0.15) is 5.82 Å². The van der Waals surface area contributed by atoms with E-state index >= 15 is 0 Å². The lowest BCUT2D eigenvalue weighted by Gasteiger charge is -2.09. The lowest BCUT2D eigenvalue weighted by Crippen LogP contribution is -2.20. The van der Waals surface area contributed by atoms with E-state index in [-0.39, 0.29) is 11.6 Å². The van der Waals surface area contributed by atoms with Crippen molar-refractivity contribution in [3.63, 3.8) is 0 Å². The van der Waals surface area contributed by atoms with Crippen molar-refractivity contribution in [1.29, 1.82) is 0 Å². The number of rotatable bonds is 1. The van der Waals surface area contributed by atoms with Crippen molar-refractivity contribution in [2.24, 2.45) is 0 Å². The maximum Gasteiger partial charge on any atom is 0.258 e. The van der Waals surface area contributed by atoms with Crippen LogP contribution in [0.2, 0.25) is 0 Å². The molecule has 0 radical (unpaired) electrons. The van der Waals surface area contributed by atoms with Gasteiger partial charge in [-0.05, 0) is 31.5 Å². The molecule has 0 spiro atoms. The smallest absolute Gasteiger partial charge is 0.258 e. The Balaban J connectivity index is 2.17. The standard InChI is InChI=1S/C12H13N3O/c16-12-8-4-1-2-5-9(8)14-11(15-12)10-6-3-7-13-10/h1-2,4-5,10,13H,3,6-7H2,(H,14,15,16). The minimum Gasteiger partial charge on any atom is -0.309 e. The monoisotopic (exact) mass is 215 g/mol. The minimum absolute atomic E-state index is 0.0469. The van der Waals surface area contributed by atoms with E-state index in [1.807, 2.05) is 18.2 Å². The average molecular weight is 215 g/mol. The van der Waals surface area contributed by atoms with Gasteiger partial charge < -0.3 is 10.3 Å². The zero-order valence-corrected chi connectivity index (χ0v) is 8.86. The lowest BCUT2D eigenvalue weighted by molar-refractivity contribution is 0.606. The Morgan fingerprint density at radius 2 is 2.19 bits per heavy atom. The molecule has 16 heavy (non-hydrogen) atoms. The van der Waals surface area contributed by atoms with Crippen LogP contribution in [0.4, 0.5) is 0 Å². The molecule has 4 nitrogen and oxygen atoms in total.